The van der Waals surface area contributed by atoms with E-state index >= 15 is 0 Å². The predicted octanol–water partition coefficient (Wildman–Crippen LogP) is 3.90. The van der Waals surface area contributed by atoms with Crippen LogP contribution >= 0.6 is 0 Å². The van der Waals surface area contributed by atoms with Crippen molar-refractivity contribution >= 4 is 6.03 Å². The summed E-state index contributed by atoms with van der Waals surface area (Å²) in [5.74, 6) is 1.53. The van der Waals surface area contributed by atoms with Crippen LogP contribution in [0.3, 0.4) is 0 Å². The van der Waals surface area contributed by atoms with Crippen LogP contribution in [0.5, 0.6) is 5.75 Å². The van der Waals surface area contributed by atoms with Crippen molar-refractivity contribution in [1.82, 2.24) is 10.2 Å². The van der Waals surface area contributed by atoms with Gasteiger partial charge in [0.15, 0.2) is 0 Å². The number of carbonyl (C=O) groups is 1. The van der Waals surface area contributed by atoms with Gasteiger partial charge in [0.2, 0.25) is 0 Å². The van der Waals surface area contributed by atoms with Crippen LogP contribution in [0.2, 0.25) is 0 Å². The maximum atomic E-state index is 12.4. The van der Waals surface area contributed by atoms with Gasteiger partial charge >= 0.3 is 6.03 Å². The van der Waals surface area contributed by atoms with E-state index in [1.165, 1.54) is 11.1 Å². The van der Waals surface area contributed by atoms with E-state index in [2.05, 4.69) is 41.7 Å². The molecule has 4 heteroatoms. The van der Waals surface area contributed by atoms with Crippen molar-refractivity contribution in [1.29, 1.82) is 0 Å². The molecule has 2 aromatic rings. The second kappa shape index (κ2) is 9.27. The molecule has 1 aliphatic heterocycles. The quantitative estimate of drug-likeness (QED) is 0.857. The van der Waals surface area contributed by atoms with Gasteiger partial charge in [-0.2, -0.15) is 0 Å². The lowest BCUT2D eigenvalue weighted by molar-refractivity contribution is 0.170. The molecule has 1 fully saturated rings. The lowest BCUT2D eigenvalue weighted by Gasteiger charge is -2.32. The summed E-state index contributed by atoms with van der Waals surface area (Å²) < 4.78 is 5.23. The summed E-state index contributed by atoms with van der Waals surface area (Å²) in [5.41, 5.74) is 2.57. The number of nitrogens with one attached hydrogen (secondary N) is 1. The van der Waals surface area contributed by atoms with Crippen LogP contribution in [0.4, 0.5) is 4.79 Å². The lowest BCUT2D eigenvalue weighted by Crippen LogP contribution is -2.45. The molecule has 3 rings (SSSR count). The number of piperidine rings is 1. The number of likely N-dealkylation sites (tertiary alicyclic amines) is 1. The van der Waals surface area contributed by atoms with Crippen molar-refractivity contribution in [2.45, 2.75) is 25.7 Å². The fraction of sp³-hybridized carbons (Fsp3) is 0.409. The summed E-state index contributed by atoms with van der Waals surface area (Å²) in [5, 5.41) is 3.05. The zero-order valence-corrected chi connectivity index (χ0v) is 15.5. The maximum Gasteiger partial charge on any atom is 0.317 e. The second-order valence-corrected chi connectivity index (χ2v) is 6.95. The van der Waals surface area contributed by atoms with Crippen LogP contribution < -0.4 is 10.1 Å². The number of rotatable bonds is 6. The number of carbonyl (C=O) groups excluding carboxylic acids is 1. The lowest BCUT2D eigenvalue weighted by atomic mass is 9.90. The Morgan fingerprint density at radius 1 is 1.08 bits per heavy atom. The number of nitrogens with zero attached hydrogens (tertiary/aromatic N) is 1. The molecule has 1 saturated heterocycles. The molecule has 2 amide bonds. The Bertz CT molecular complexity index is 694. The first kappa shape index (κ1) is 18.3. The van der Waals surface area contributed by atoms with Gasteiger partial charge in [0.1, 0.15) is 5.75 Å². The van der Waals surface area contributed by atoms with Crippen LogP contribution in [0.25, 0.3) is 0 Å². The summed E-state index contributed by atoms with van der Waals surface area (Å²) in [4.78, 5) is 14.3. The van der Waals surface area contributed by atoms with Crippen molar-refractivity contribution in [3.05, 3.63) is 65.7 Å². The van der Waals surface area contributed by atoms with Gasteiger partial charge in [-0.3, -0.25) is 0 Å². The van der Waals surface area contributed by atoms with E-state index in [1.54, 1.807) is 7.11 Å². The van der Waals surface area contributed by atoms with Crippen molar-refractivity contribution in [3.63, 3.8) is 0 Å². The molecule has 1 aliphatic rings. The fourth-order valence-corrected chi connectivity index (χ4v) is 3.54. The third kappa shape index (κ3) is 5.25. The minimum Gasteiger partial charge on any atom is -0.497 e. The Hall–Kier alpha value is -2.49. The van der Waals surface area contributed by atoms with Crippen LogP contribution in [0.15, 0.2) is 54.6 Å². The Labute approximate surface area is 156 Å². The topological polar surface area (TPSA) is 41.6 Å². The molecular weight excluding hydrogens is 324 g/mol. The number of hydrogen-bond donors (Lipinski definition) is 1. The van der Waals surface area contributed by atoms with Gasteiger partial charge in [-0.1, -0.05) is 42.5 Å². The first-order valence-electron chi connectivity index (χ1n) is 9.44. The summed E-state index contributed by atoms with van der Waals surface area (Å²) in [6.07, 6.45) is 4.09. The summed E-state index contributed by atoms with van der Waals surface area (Å²) in [6.45, 7) is 2.35. The number of urea groups is 1. The Morgan fingerprint density at radius 3 is 2.54 bits per heavy atom. The first-order valence-corrected chi connectivity index (χ1v) is 9.44. The highest BCUT2D eigenvalue weighted by Crippen LogP contribution is 2.21. The molecule has 0 unspecified atom stereocenters. The average Bonchev–Trinajstić information content (AvgIpc) is 2.69. The largest absolute Gasteiger partial charge is 0.497 e. The third-order valence-electron chi connectivity index (χ3n) is 5.09. The molecule has 0 spiro atoms. The van der Waals surface area contributed by atoms with E-state index in [-0.39, 0.29) is 6.03 Å². The van der Waals surface area contributed by atoms with Crippen molar-refractivity contribution in [2.75, 3.05) is 26.7 Å². The molecule has 138 valence electrons. The van der Waals surface area contributed by atoms with Crippen molar-refractivity contribution in [3.8, 4) is 5.75 Å². The van der Waals surface area contributed by atoms with Crippen molar-refractivity contribution < 1.29 is 9.53 Å². The second-order valence-electron chi connectivity index (χ2n) is 6.95. The number of benzene rings is 2. The van der Waals surface area contributed by atoms with E-state index in [1.807, 2.05) is 23.1 Å². The Kier molecular flexibility index (Phi) is 6.53. The van der Waals surface area contributed by atoms with Gasteiger partial charge in [0.05, 0.1) is 7.11 Å². The molecule has 0 aromatic heterocycles. The SMILES string of the molecule is COc1cccc(CCNC(=O)N2CCC(Cc3ccccc3)CC2)c1. The van der Waals surface area contributed by atoms with Crippen LogP contribution in [0, 0.1) is 5.92 Å². The normalized spacial score (nSPS) is 14.9. The molecule has 1 N–H and O–H groups in total. The van der Waals surface area contributed by atoms with Crippen molar-refractivity contribution in [2.24, 2.45) is 5.92 Å². The van der Waals surface area contributed by atoms with Gasteiger partial charge in [-0.15, -0.1) is 0 Å². The van der Waals surface area contributed by atoms with E-state index < -0.39 is 0 Å². The number of amides is 2. The zero-order chi connectivity index (χ0) is 18.2. The number of ether oxygens (including phenoxy) is 1. The minimum atomic E-state index is 0.0612. The summed E-state index contributed by atoms with van der Waals surface area (Å²) >= 11 is 0. The predicted molar refractivity (Wildman–Crippen MR) is 105 cm³/mol. The van der Waals surface area contributed by atoms with E-state index in [4.69, 9.17) is 4.74 Å². The highest BCUT2D eigenvalue weighted by atomic mass is 16.5. The first-order chi connectivity index (χ1) is 12.7. The molecule has 0 aliphatic carbocycles. The van der Waals surface area contributed by atoms with E-state index in [9.17, 15) is 4.79 Å². The third-order valence-corrected chi connectivity index (χ3v) is 5.09. The Balaban J connectivity index is 1.38. The number of hydrogen-bond acceptors (Lipinski definition) is 2. The molecule has 0 saturated carbocycles. The molecule has 1 heterocycles. The molecule has 2 aromatic carbocycles. The maximum absolute atomic E-state index is 12.4. The highest BCUT2D eigenvalue weighted by Gasteiger charge is 2.22. The van der Waals surface area contributed by atoms with Gasteiger partial charge in [0.25, 0.3) is 0 Å². The molecular formula is C22H28N2O2. The fourth-order valence-electron chi connectivity index (χ4n) is 3.54. The van der Waals surface area contributed by atoms with Gasteiger partial charge in [-0.25, -0.2) is 4.79 Å². The minimum absolute atomic E-state index is 0.0612. The molecule has 4 nitrogen and oxygen atoms in total. The molecule has 0 bridgehead atoms. The average molecular weight is 352 g/mol. The highest BCUT2D eigenvalue weighted by molar-refractivity contribution is 5.74. The summed E-state index contributed by atoms with van der Waals surface area (Å²) in [7, 11) is 1.67. The van der Waals surface area contributed by atoms with Crippen LogP contribution in [0.1, 0.15) is 24.0 Å². The van der Waals surface area contributed by atoms with Gasteiger partial charge in [0, 0.05) is 19.6 Å². The van der Waals surface area contributed by atoms with Gasteiger partial charge in [-0.05, 0) is 54.9 Å². The monoisotopic (exact) mass is 352 g/mol. The molecule has 26 heavy (non-hydrogen) atoms. The van der Waals surface area contributed by atoms with Gasteiger partial charge < -0.3 is 15.0 Å². The van der Waals surface area contributed by atoms with Crippen LogP contribution in [-0.4, -0.2) is 37.7 Å². The van der Waals surface area contributed by atoms with Crippen LogP contribution in [-0.2, 0) is 12.8 Å². The molecule has 0 atom stereocenters. The smallest absolute Gasteiger partial charge is 0.317 e. The van der Waals surface area contributed by atoms with E-state index in [0.29, 0.717) is 12.5 Å². The standard InChI is InChI=1S/C22H28N2O2/c1-26-21-9-5-8-19(17-21)10-13-23-22(25)24-14-11-20(12-15-24)16-18-6-3-2-4-7-18/h2-9,17,20H,10-16H2,1H3,(H,23,25). The molecule has 0 radical (unpaired) electrons. The summed E-state index contributed by atoms with van der Waals surface area (Å²) in [6, 6.07) is 18.7. The van der Waals surface area contributed by atoms with E-state index in [0.717, 1.165) is 44.5 Å². The number of methoxy groups -OCH3 is 1. The Morgan fingerprint density at radius 2 is 1.81 bits per heavy atom. The zero-order valence-electron chi connectivity index (χ0n) is 15.5.